The number of aromatic nitrogens is 2. The molecule has 0 spiro atoms. The zero-order chi connectivity index (χ0) is 9.97. The van der Waals surface area contributed by atoms with Crippen LogP contribution in [0.3, 0.4) is 0 Å². The second-order valence-corrected chi connectivity index (χ2v) is 3.55. The van der Waals surface area contributed by atoms with E-state index in [-0.39, 0.29) is 6.17 Å². The lowest BCUT2D eigenvalue weighted by Gasteiger charge is -2.16. The highest BCUT2D eigenvalue weighted by Crippen LogP contribution is 2.32. The van der Waals surface area contributed by atoms with Gasteiger partial charge in [0.05, 0.1) is 6.17 Å². The number of hydrogen-bond donors (Lipinski definition) is 3. The number of nitrogens with one attached hydrogen (secondary N) is 2. The molecule has 1 aromatic rings. The second kappa shape index (κ2) is 3.79. The molecular weight excluding hydrogens is 178 g/mol. The minimum absolute atomic E-state index is 0.261. The zero-order valence-corrected chi connectivity index (χ0v) is 8.20. The Balaban J connectivity index is 2.01. The maximum absolute atomic E-state index is 5.56. The molecule has 0 aliphatic heterocycles. The van der Waals surface area contributed by atoms with Gasteiger partial charge in [0.25, 0.3) is 0 Å². The highest BCUT2D eigenvalue weighted by atomic mass is 15.2. The van der Waals surface area contributed by atoms with Crippen molar-refractivity contribution in [1.82, 2.24) is 15.3 Å². The first kappa shape index (κ1) is 9.21. The molecule has 1 aromatic heterocycles. The van der Waals surface area contributed by atoms with Gasteiger partial charge in [0.15, 0.2) is 0 Å². The monoisotopic (exact) mass is 193 g/mol. The number of nitrogens with zero attached hydrogens (tertiary/aromatic N) is 2. The second-order valence-electron chi connectivity index (χ2n) is 3.55. The highest BCUT2D eigenvalue weighted by Gasteiger charge is 2.30. The van der Waals surface area contributed by atoms with Crippen molar-refractivity contribution in [2.75, 3.05) is 18.1 Å². The van der Waals surface area contributed by atoms with Gasteiger partial charge >= 0.3 is 0 Å². The number of rotatable bonds is 4. The van der Waals surface area contributed by atoms with E-state index in [0.717, 1.165) is 0 Å². The van der Waals surface area contributed by atoms with Crippen LogP contribution in [0.4, 0.5) is 11.8 Å². The first-order valence-corrected chi connectivity index (χ1v) is 4.82. The van der Waals surface area contributed by atoms with Crippen molar-refractivity contribution in [1.29, 1.82) is 0 Å². The van der Waals surface area contributed by atoms with Crippen LogP contribution >= 0.6 is 0 Å². The summed E-state index contributed by atoms with van der Waals surface area (Å²) in [7, 11) is 1.93. The molecule has 76 valence electrons. The maximum Gasteiger partial charge on any atom is 0.225 e. The topological polar surface area (TPSA) is 75.9 Å². The molecule has 0 bridgehead atoms. The Kier molecular flexibility index (Phi) is 2.49. The SMILES string of the molecule is CNC(Nc1nccc(N)n1)C1CC1. The molecule has 1 unspecified atom stereocenters. The van der Waals surface area contributed by atoms with E-state index in [2.05, 4.69) is 20.6 Å². The van der Waals surface area contributed by atoms with Gasteiger partial charge in [0.1, 0.15) is 5.82 Å². The fourth-order valence-electron chi connectivity index (χ4n) is 1.44. The molecule has 14 heavy (non-hydrogen) atoms. The summed E-state index contributed by atoms with van der Waals surface area (Å²) in [5, 5.41) is 6.42. The summed E-state index contributed by atoms with van der Waals surface area (Å²) in [4.78, 5) is 8.18. The largest absolute Gasteiger partial charge is 0.384 e. The standard InChI is InChI=1S/C9H15N5/c1-11-8(6-2-3-6)14-9-12-5-4-7(10)13-9/h4-6,8,11H,2-3H2,1H3,(H3,10,12,13,14). The Labute approximate surface area is 83.1 Å². The summed E-state index contributed by atoms with van der Waals surface area (Å²) in [6.45, 7) is 0. The van der Waals surface area contributed by atoms with Crippen LogP contribution in [0.2, 0.25) is 0 Å². The van der Waals surface area contributed by atoms with Gasteiger partial charge in [-0.3, -0.25) is 0 Å². The molecule has 1 saturated carbocycles. The number of nitrogen functional groups attached to an aromatic ring is 1. The average molecular weight is 193 g/mol. The molecule has 0 aromatic carbocycles. The summed E-state index contributed by atoms with van der Waals surface area (Å²) in [6, 6.07) is 1.68. The van der Waals surface area contributed by atoms with E-state index < -0.39 is 0 Å². The molecule has 5 heteroatoms. The van der Waals surface area contributed by atoms with E-state index in [0.29, 0.717) is 17.7 Å². The molecule has 0 saturated heterocycles. The van der Waals surface area contributed by atoms with Gasteiger partial charge in [0.2, 0.25) is 5.95 Å². The molecule has 1 atom stereocenters. The quantitative estimate of drug-likeness (QED) is 0.604. The number of hydrogen-bond acceptors (Lipinski definition) is 5. The van der Waals surface area contributed by atoms with Crippen LogP contribution in [0, 0.1) is 5.92 Å². The van der Waals surface area contributed by atoms with Crippen LogP contribution in [-0.2, 0) is 0 Å². The first-order valence-electron chi connectivity index (χ1n) is 4.82. The fraction of sp³-hybridized carbons (Fsp3) is 0.556. The molecule has 0 amide bonds. The Bertz CT molecular complexity index is 310. The van der Waals surface area contributed by atoms with Crippen molar-refractivity contribution >= 4 is 11.8 Å². The molecule has 1 aliphatic rings. The van der Waals surface area contributed by atoms with Gasteiger partial charge in [-0.25, -0.2) is 4.98 Å². The molecule has 1 heterocycles. The van der Waals surface area contributed by atoms with Gasteiger partial charge in [-0.1, -0.05) is 0 Å². The van der Waals surface area contributed by atoms with E-state index >= 15 is 0 Å². The third-order valence-electron chi connectivity index (χ3n) is 2.37. The minimum atomic E-state index is 0.261. The van der Waals surface area contributed by atoms with Crippen LogP contribution in [0.5, 0.6) is 0 Å². The predicted molar refractivity (Wildman–Crippen MR) is 55.6 cm³/mol. The van der Waals surface area contributed by atoms with Crippen molar-refractivity contribution in [2.45, 2.75) is 19.0 Å². The minimum Gasteiger partial charge on any atom is -0.384 e. The molecule has 2 rings (SSSR count). The van der Waals surface area contributed by atoms with Crippen molar-refractivity contribution in [3.63, 3.8) is 0 Å². The van der Waals surface area contributed by atoms with E-state index in [9.17, 15) is 0 Å². The molecule has 5 nitrogen and oxygen atoms in total. The Hall–Kier alpha value is -1.36. The summed E-state index contributed by atoms with van der Waals surface area (Å²) in [6.07, 6.45) is 4.45. The van der Waals surface area contributed by atoms with Gasteiger partial charge < -0.3 is 16.4 Å². The highest BCUT2D eigenvalue weighted by molar-refractivity contribution is 5.35. The summed E-state index contributed by atoms with van der Waals surface area (Å²) < 4.78 is 0. The van der Waals surface area contributed by atoms with Crippen molar-refractivity contribution in [3.8, 4) is 0 Å². The van der Waals surface area contributed by atoms with Crippen molar-refractivity contribution < 1.29 is 0 Å². The van der Waals surface area contributed by atoms with Crippen LogP contribution in [0.25, 0.3) is 0 Å². The molecular formula is C9H15N5. The lowest BCUT2D eigenvalue weighted by Crippen LogP contribution is -2.36. The van der Waals surface area contributed by atoms with E-state index in [1.807, 2.05) is 7.05 Å². The van der Waals surface area contributed by atoms with Crippen LogP contribution in [-0.4, -0.2) is 23.2 Å². The summed E-state index contributed by atoms with van der Waals surface area (Å²) in [5.74, 6) is 1.79. The number of anilines is 2. The predicted octanol–water partition coefficient (Wildman–Crippen LogP) is 0.426. The van der Waals surface area contributed by atoms with Crippen LogP contribution in [0.1, 0.15) is 12.8 Å². The molecule has 1 aliphatic carbocycles. The summed E-state index contributed by atoms with van der Waals surface area (Å²) >= 11 is 0. The van der Waals surface area contributed by atoms with E-state index in [4.69, 9.17) is 5.73 Å². The fourth-order valence-corrected chi connectivity index (χ4v) is 1.44. The normalized spacial score (nSPS) is 17.8. The molecule has 4 N–H and O–H groups in total. The van der Waals surface area contributed by atoms with Crippen molar-refractivity contribution in [2.24, 2.45) is 5.92 Å². The average Bonchev–Trinajstić information content (AvgIpc) is 2.97. The lowest BCUT2D eigenvalue weighted by molar-refractivity contribution is 0.554. The smallest absolute Gasteiger partial charge is 0.225 e. The van der Waals surface area contributed by atoms with Gasteiger partial charge in [0, 0.05) is 6.20 Å². The molecule has 0 radical (unpaired) electrons. The Morgan fingerprint density at radius 1 is 1.57 bits per heavy atom. The van der Waals surface area contributed by atoms with E-state index in [1.165, 1.54) is 12.8 Å². The first-order chi connectivity index (χ1) is 6.79. The Morgan fingerprint density at radius 3 is 2.93 bits per heavy atom. The van der Waals surface area contributed by atoms with Crippen molar-refractivity contribution in [3.05, 3.63) is 12.3 Å². The maximum atomic E-state index is 5.56. The number of nitrogens with two attached hydrogens (primary N) is 1. The summed E-state index contributed by atoms with van der Waals surface area (Å²) in [5.41, 5.74) is 5.56. The molecule has 1 fully saturated rings. The third-order valence-corrected chi connectivity index (χ3v) is 2.37. The Morgan fingerprint density at radius 2 is 2.36 bits per heavy atom. The van der Waals surface area contributed by atoms with Crippen LogP contribution in [0.15, 0.2) is 12.3 Å². The van der Waals surface area contributed by atoms with Gasteiger partial charge in [-0.15, -0.1) is 0 Å². The van der Waals surface area contributed by atoms with E-state index in [1.54, 1.807) is 12.3 Å². The lowest BCUT2D eigenvalue weighted by atomic mass is 10.3. The van der Waals surface area contributed by atoms with Gasteiger partial charge in [-0.05, 0) is 31.9 Å². The van der Waals surface area contributed by atoms with Gasteiger partial charge in [-0.2, -0.15) is 4.98 Å². The van der Waals surface area contributed by atoms with Crippen LogP contribution < -0.4 is 16.4 Å². The third kappa shape index (κ3) is 2.11. The zero-order valence-electron chi connectivity index (χ0n) is 8.20.